The number of carboxylic acid groups (broad SMARTS) is 1. The number of nitrogens with one attached hydrogen (secondary N) is 1. The molecule has 1 fully saturated rings. The van der Waals surface area contributed by atoms with Crippen LogP contribution in [0.4, 0.5) is 4.79 Å². The SMILES string of the molecule is CC(C)[C@@H](NC(=O)N1CCCCC1C)C(=O)O. The maximum Gasteiger partial charge on any atom is 0.326 e. The van der Waals surface area contributed by atoms with E-state index in [0.717, 1.165) is 25.8 Å². The minimum absolute atomic E-state index is 0.114. The first-order valence-electron chi connectivity index (χ1n) is 6.23. The third-order valence-corrected chi connectivity index (χ3v) is 3.28. The molecule has 17 heavy (non-hydrogen) atoms. The van der Waals surface area contributed by atoms with Gasteiger partial charge in [0.1, 0.15) is 6.04 Å². The molecule has 0 radical (unpaired) electrons. The number of amides is 2. The molecule has 2 N–H and O–H groups in total. The molecule has 0 bridgehead atoms. The van der Waals surface area contributed by atoms with Crippen LogP contribution in [0.3, 0.4) is 0 Å². The van der Waals surface area contributed by atoms with Gasteiger partial charge in [0.2, 0.25) is 0 Å². The standard InChI is InChI=1S/C12H22N2O3/c1-8(2)10(11(15)16)13-12(17)14-7-5-4-6-9(14)3/h8-10H,4-7H2,1-3H3,(H,13,17)(H,15,16)/t9?,10-/m1/s1. The highest BCUT2D eigenvalue weighted by molar-refractivity contribution is 5.82. The molecule has 1 aliphatic rings. The second-order valence-electron chi connectivity index (χ2n) is 5.05. The van der Waals surface area contributed by atoms with Crippen molar-refractivity contribution in [1.29, 1.82) is 0 Å². The number of carbonyl (C=O) groups is 2. The highest BCUT2D eigenvalue weighted by Crippen LogP contribution is 2.16. The lowest BCUT2D eigenvalue weighted by atomic mass is 10.0. The summed E-state index contributed by atoms with van der Waals surface area (Å²) < 4.78 is 0. The average molecular weight is 242 g/mol. The molecule has 0 aromatic rings. The van der Waals surface area contributed by atoms with Crippen molar-refractivity contribution in [3.63, 3.8) is 0 Å². The van der Waals surface area contributed by atoms with Gasteiger partial charge in [-0.1, -0.05) is 13.8 Å². The topological polar surface area (TPSA) is 69.6 Å². The number of hydrogen-bond donors (Lipinski definition) is 2. The zero-order valence-electron chi connectivity index (χ0n) is 10.8. The molecule has 5 heteroatoms. The fraction of sp³-hybridized carbons (Fsp3) is 0.833. The summed E-state index contributed by atoms with van der Waals surface area (Å²) in [5, 5.41) is 11.6. The van der Waals surface area contributed by atoms with Gasteiger partial charge in [-0.05, 0) is 32.1 Å². The number of urea groups is 1. The van der Waals surface area contributed by atoms with Crippen molar-refractivity contribution in [3.8, 4) is 0 Å². The van der Waals surface area contributed by atoms with Gasteiger partial charge in [-0.2, -0.15) is 0 Å². The van der Waals surface area contributed by atoms with Gasteiger partial charge in [0.05, 0.1) is 0 Å². The summed E-state index contributed by atoms with van der Waals surface area (Å²) in [5.41, 5.74) is 0. The predicted molar refractivity (Wildman–Crippen MR) is 64.8 cm³/mol. The highest BCUT2D eigenvalue weighted by atomic mass is 16.4. The lowest BCUT2D eigenvalue weighted by molar-refractivity contribution is -0.140. The Balaban J connectivity index is 2.60. The number of hydrogen-bond acceptors (Lipinski definition) is 2. The van der Waals surface area contributed by atoms with E-state index in [2.05, 4.69) is 5.32 Å². The number of rotatable bonds is 3. The third-order valence-electron chi connectivity index (χ3n) is 3.28. The Morgan fingerprint density at radius 2 is 2.00 bits per heavy atom. The van der Waals surface area contributed by atoms with E-state index in [9.17, 15) is 9.59 Å². The first kappa shape index (κ1) is 13.8. The summed E-state index contributed by atoms with van der Waals surface area (Å²) in [5.74, 6) is -1.09. The Labute approximate surface area is 102 Å². The molecule has 1 rings (SSSR count). The molecule has 2 atom stereocenters. The molecule has 0 aromatic heterocycles. The van der Waals surface area contributed by atoms with E-state index in [0.29, 0.717) is 0 Å². The molecular formula is C12H22N2O3. The van der Waals surface area contributed by atoms with Crippen molar-refractivity contribution in [2.24, 2.45) is 5.92 Å². The summed E-state index contributed by atoms with van der Waals surface area (Å²) in [6, 6.07) is -0.861. The molecule has 1 heterocycles. The summed E-state index contributed by atoms with van der Waals surface area (Å²) in [6.45, 7) is 6.30. The minimum Gasteiger partial charge on any atom is -0.480 e. The molecule has 0 spiro atoms. The molecule has 5 nitrogen and oxygen atoms in total. The Kier molecular flexibility index (Phi) is 4.78. The van der Waals surface area contributed by atoms with Gasteiger partial charge in [0.15, 0.2) is 0 Å². The van der Waals surface area contributed by atoms with Crippen molar-refractivity contribution in [2.45, 2.75) is 52.1 Å². The van der Waals surface area contributed by atoms with Crippen molar-refractivity contribution in [2.75, 3.05) is 6.54 Å². The van der Waals surface area contributed by atoms with E-state index in [4.69, 9.17) is 5.11 Å². The first-order chi connectivity index (χ1) is 7.93. The summed E-state index contributed by atoms with van der Waals surface area (Å²) in [7, 11) is 0. The van der Waals surface area contributed by atoms with Gasteiger partial charge in [-0.25, -0.2) is 9.59 Å². The second-order valence-corrected chi connectivity index (χ2v) is 5.05. The van der Waals surface area contributed by atoms with E-state index in [1.807, 2.05) is 6.92 Å². The maximum absolute atomic E-state index is 12.0. The van der Waals surface area contributed by atoms with E-state index in [1.54, 1.807) is 18.7 Å². The van der Waals surface area contributed by atoms with Crippen LogP contribution < -0.4 is 5.32 Å². The Bertz CT molecular complexity index is 291. The number of likely N-dealkylation sites (tertiary alicyclic amines) is 1. The molecule has 0 aromatic carbocycles. The number of carboxylic acids is 1. The largest absolute Gasteiger partial charge is 0.480 e. The van der Waals surface area contributed by atoms with Gasteiger partial charge >= 0.3 is 12.0 Å². The monoisotopic (exact) mass is 242 g/mol. The number of piperidine rings is 1. The number of aliphatic carboxylic acids is 1. The quantitative estimate of drug-likeness (QED) is 0.791. The molecule has 0 saturated carbocycles. The molecule has 2 amide bonds. The molecule has 0 aliphatic carbocycles. The van der Waals surface area contributed by atoms with Crippen LogP contribution in [-0.2, 0) is 4.79 Å². The Morgan fingerprint density at radius 1 is 1.35 bits per heavy atom. The second kappa shape index (κ2) is 5.89. The van der Waals surface area contributed by atoms with Crippen molar-refractivity contribution in [3.05, 3.63) is 0 Å². The smallest absolute Gasteiger partial charge is 0.326 e. The minimum atomic E-state index is -0.974. The van der Waals surface area contributed by atoms with Gasteiger partial charge < -0.3 is 15.3 Å². The zero-order chi connectivity index (χ0) is 13.0. The summed E-state index contributed by atoms with van der Waals surface area (Å²) >= 11 is 0. The van der Waals surface area contributed by atoms with Crippen LogP contribution >= 0.6 is 0 Å². The van der Waals surface area contributed by atoms with Crippen molar-refractivity contribution in [1.82, 2.24) is 10.2 Å². The lowest BCUT2D eigenvalue weighted by Gasteiger charge is -2.34. The summed E-state index contributed by atoms with van der Waals surface area (Å²) in [6.07, 6.45) is 3.13. The van der Waals surface area contributed by atoms with E-state index >= 15 is 0 Å². The van der Waals surface area contributed by atoms with Crippen LogP contribution in [-0.4, -0.2) is 40.6 Å². The normalized spacial score (nSPS) is 22.4. The number of carbonyl (C=O) groups excluding carboxylic acids is 1. The molecular weight excluding hydrogens is 220 g/mol. The van der Waals surface area contributed by atoms with Gasteiger partial charge in [0, 0.05) is 12.6 Å². The highest BCUT2D eigenvalue weighted by Gasteiger charge is 2.28. The fourth-order valence-corrected chi connectivity index (χ4v) is 2.13. The average Bonchev–Trinajstić information content (AvgIpc) is 2.25. The van der Waals surface area contributed by atoms with Gasteiger partial charge in [-0.15, -0.1) is 0 Å². The molecule has 1 saturated heterocycles. The summed E-state index contributed by atoms with van der Waals surface area (Å²) in [4.78, 5) is 24.7. The van der Waals surface area contributed by atoms with Crippen LogP contribution in [0, 0.1) is 5.92 Å². The third kappa shape index (κ3) is 3.61. The maximum atomic E-state index is 12.0. The number of nitrogens with zero attached hydrogens (tertiary/aromatic N) is 1. The van der Waals surface area contributed by atoms with E-state index in [1.165, 1.54) is 0 Å². The molecule has 98 valence electrons. The van der Waals surface area contributed by atoms with Crippen LogP contribution in [0.2, 0.25) is 0 Å². The van der Waals surface area contributed by atoms with Crippen LogP contribution in [0.15, 0.2) is 0 Å². The first-order valence-corrected chi connectivity index (χ1v) is 6.23. The van der Waals surface area contributed by atoms with Gasteiger partial charge in [-0.3, -0.25) is 0 Å². The van der Waals surface area contributed by atoms with Crippen LogP contribution in [0.1, 0.15) is 40.0 Å². The fourth-order valence-electron chi connectivity index (χ4n) is 2.13. The Hall–Kier alpha value is -1.26. The van der Waals surface area contributed by atoms with E-state index < -0.39 is 12.0 Å². The van der Waals surface area contributed by atoms with Crippen molar-refractivity contribution < 1.29 is 14.7 Å². The van der Waals surface area contributed by atoms with E-state index in [-0.39, 0.29) is 18.0 Å². The Morgan fingerprint density at radius 3 is 2.47 bits per heavy atom. The van der Waals surface area contributed by atoms with Crippen LogP contribution in [0.5, 0.6) is 0 Å². The van der Waals surface area contributed by atoms with Crippen molar-refractivity contribution >= 4 is 12.0 Å². The molecule has 1 unspecified atom stereocenters. The predicted octanol–water partition coefficient (Wildman–Crippen LogP) is 1.68. The van der Waals surface area contributed by atoms with Gasteiger partial charge in [0.25, 0.3) is 0 Å². The lowest BCUT2D eigenvalue weighted by Crippen LogP contribution is -2.53. The molecule has 1 aliphatic heterocycles. The van der Waals surface area contributed by atoms with Crippen LogP contribution in [0.25, 0.3) is 0 Å². The zero-order valence-corrected chi connectivity index (χ0v) is 10.8.